The molecule has 1 aliphatic heterocycles. The van der Waals surface area contributed by atoms with Crippen molar-refractivity contribution in [2.45, 2.75) is 27.7 Å². The molecule has 104 valence electrons. The minimum absolute atomic E-state index is 0.0180. The van der Waals surface area contributed by atoms with Crippen LogP contribution < -0.4 is 0 Å². The second kappa shape index (κ2) is 6.61. The molecular formula is C13H24N2O3. The topological polar surface area (TPSA) is 49.9 Å². The normalized spacial score (nSPS) is 16.3. The number of ether oxygens (including phenoxy) is 1. The molecule has 2 amide bonds. The maximum Gasteiger partial charge on any atom is 0.409 e. The third-order valence-electron chi connectivity index (χ3n) is 2.88. The van der Waals surface area contributed by atoms with Gasteiger partial charge in [0.1, 0.15) is 0 Å². The average molecular weight is 256 g/mol. The number of hydrogen-bond donors (Lipinski definition) is 0. The molecule has 0 spiro atoms. The molecule has 5 nitrogen and oxygen atoms in total. The number of carbonyl (C=O) groups excluding carboxylic acids is 2. The van der Waals surface area contributed by atoms with Gasteiger partial charge in [0.2, 0.25) is 5.91 Å². The fraction of sp³-hybridized carbons (Fsp3) is 0.846. The van der Waals surface area contributed by atoms with E-state index in [-0.39, 0.29) is 17.9 Å². The van der Waals surface area contributed by atoms with Crippen molar-refractivity contribution in [3.05, 3.63) is 0 Å². The molecule has 0 radical (unpaired) electrons. The number of carbonyl (C=O) groups is 2. The van der Waals surface area contributed by atoms with Gasteiger partial charge in [0.05, 0.1) is 6.61 Å². The first kappa shape index (κ1) is 14.8. The maximum absolute atomic E-state index is 11.8. The zero-order valence-corrected chi connectivity index (χ0v) is 11.8. The van der Waals surface area contributed by atoms with Gasteiger partial charge in [0.25, 0.3) is 0 Å². The van der Waals surface area contributed by atoms with Crippen molar-refractivity contribution in [1.82, 2.24) is 9.80 Å². The second-order valence-electron chi connectivity index (χ2n) is 5.44. The van der Waals surface area contributed by atoms with Crippen molar-refractivity contribution in [2.24, 2.45) is 11.8 Å². The first-order chi connectivity index (χ1) is 8.41. The standard InChI is InChI=1S/C13H24N2O3/c1-10(2)9-18-13(17)15-7-5-14(6-8-15)12(16)11(3)4/h10-11H,5-9H2,1-4H3. The van der Waals surface area contributed by atoms with Crippen LogP contribution in [0.1, 0.15) is 27.7 Å². The Bertz CT molecular complexity index is 295. The lowest BCUT2D eigenvalue weighted by Crippen LogP contribution is -2.51. The maximum atomic E-state index is 11.8. The Morgan fingerprint density at radius 2 is 1.50 bits per heavy atom. The quantitative estimate of drug-likeness (QED) is 0.770. The van der Waals surface area contributed by atoms with Crippen molar-refractivity contribution in [3.63, 3.8) is 0 Å². The van der Waals surface area contributed by atoms with E-state index in [1.807, 2.05) is 32.6 Å². The summed E-state index contributed by atoms with van der Waals surface area (Å²) in [5.41, 5.74) is 0. The van der Waals surface area contributed by atoms with Crippen LogP contribution in [0, 0.1) is 11.8 Å². The lowest BCUT2D eigenvalue weighted by molar-refractivity contribution is -0.136. The molecule has 0 N–H and O–H groups in total. The van der Waals surface area contributed by atoms with Gasteiger partial charge in [-0.05, 0) is 5.92 Å². The van der Waals surface area contributed by atoms with Gasteiger partial charge in [-0.25, -0.2) is 4.79 Å². The summed E-state index contributed by atoms with van der Waals surface area (Å²) in [4.78, 5) is 27.0. The first-order valence-corrected chi connectivity index (χ1v) is 6.62. The highest BCUT2D eigenvalue weighted by molar-refractivity contribution is 5.78. The number of nitrogens with zero attached hydrogens (tertiary/aromatic N) is 2. The highest BCUT2D eigenvalue weighted by atomic mass is 16.6. The number of amides is 2. The van der Waals surface area contributed by atoms with Gasteiger partial charge in [-0.1, -0.05) is 27.7 Å². The number of piperazine rings is 1. The Balaban J connectivity index is 2.35. The molecule has 0 atom stereocenters. The van der Waals surface area contributed by atoms with Gasteiger partial charge in [0, 0.05) is 32.1 Å². The minimum atomic E-state index is -0.264. The van der Waals surface area contributed by atoms with E-state index in [9.17, 15) is 9.59 Å². The molecule has 0 aromatic rings. The minimum Gasteiger partial charge on any atom is -0.449 e. The molecule has 1 aliphatic rings. The zero-order chi connectivity index (χ0) is 13.7. The number of rotatable bonds is 3. The summed E-state index contributed by atoms with van der Waals surface area (Å²) in [6, 6.07) is 0. The van der Waals surface area contributed by atoms with Crippen LogP contribution in [0.15, 0.2) is 0 Å². The summed E-state index contributed by atoms with van der Waals surface area (Å²) < 4.78 is 5.17. The van der Waals surface area contributed by atoms with Crippen LogP contribution in [-0.2, 0) is 9.53 Å². The average Bonchev–Trinajstić information content (AvgIpc) is 2.35. The predicted molar refractivity (Wildman–Crippen MR) is 69.2 cm³/mol. The van der Waals surface area contributed by atoms with Crippen molar-refractivity contribution in [2.75, 3.05) is 32.8 Å². The lowest BCUT2D eigenvalue weighted by atomic mass is 10.1. The molecule has 1 saturated heterocycles. The van der Waals surface area contributed by atoms with E-state index < -0.39 is 0 Å². The van der Waals surface area contributed by atoms with Crippen LogP contribution in [0.2, 0.25) is 0 Å². The lowest BCUT2D eigenvalue weighted by Gasteiger charge is -2.35. The molecule has 0 aliphatic carbocycles. The molecule has 0 aromatic carbocycles. The first-order valence-electron chi connectivity index (χ1n) is 6.62. The molecular weight excluding hydrogens is 232 g/mol. The Kier molecular flexibility index (Phi) is 5.44. The van der Waals surface area contributed by atoms with E-state index in [2.05, 4.69) is 0 Å². The molecule has 18 heavy (non-hydrogen) atoms. The summed E-state index contributed by atoms with van der Waals surface area (Å²) in [6.07, 6.45) is -0.264. The van der Waals surface area contributed by atoms with E-state index in [1.165, 1.54) is 0 Å². The van der Waals surface area contributed by atoms with Gasteiger partial charge < -0.3 is 14.5 Å². The van der Waals surface area contributed by atoms with Crippen LogP contribution >= 0.6 is 0 Å². The summed E-state index contributed by atoms with van der Waals surface area (Å²) in [5.74, 6) is 0.521. The Hall–Kier alpha value is -1.26. The van der Waals surface area contributed by atoms with E-state index >= 15 is 0 Å². The molecule has 5 heteroatoms. The van der Waals surface area contributed by atoms with Gasteiger partial charge in [0.15, 0.2) is 0 Å². The van der Waals surface area contributed by atoms with E-state index in [0.29, 0.717) is 38.7 Å². The fourth-order valence-corrected chi connectivity index (χ4v) is 1.80. The highest BCUT2D eigenvalue weighted by Gasteiger charge is 2.26. The zero-order valence-electron chi connectivity index (χ0n) is 11.8. The van der Waals surface area contributed by atoms with E-state index in [4.69, 9.17) is 4.74 Å². The van der Waals surface area contributed by atoms with E-state index in [1.54, 1.807) is 4.90 Å². The van der Waals surface area contributed by atoms with Crippen molar-refractivity contribution >= 4 is 12.0 Å². The van der Waals surface area contributed by atoms with Crippen molar-refractivity contribution in [3.8, 4) is 0 Å². The summed E-state index contributed by atoms with van der Waals surface area (Å²) in [6.45, 7) is 10.6. The van der Waals surface area contributed by atoms with Crippen LogP contribution in [0.3, 0.4) is 0 Å². The van der Waals surface area contributed by atoms with E-state index in [0.717, 1.165) is 0 Å². The van der Waals surface area contributed by atoms with Crippen LogP contribution in [0.5, 0.6) is 0 Å². The monoisotopic (exact) mass is 256 g/mol. The van der Waals surface area contributed by atoms with Gasteiger partial charge >= 0.3 is 6.09 Å². The Morgan fingerprint density at radius 1 is 1.00 bits per heavy atom. The second-order valence-corrected chi connectivity index (χ2v) is 5.44. The third kappa shape index (κ3) is 4.20. The van der Waals surface area contributed by atoms with Crippen LogP contribution in [0.25, 0.3) is 0 Å². The molecule has 0 saturated carbocycles. The molecule has 1 heterocycles. The SMILES string of the molecule is CC(C)COC(=O)N1CCN(C(=O)C(C)C)CC1. The third-order valence-corrected chi connectivity index (χ3v) is 2.88. The highest BCUT2D eigenvalue weighted by Crippen LogP contribution is 2.08. The molecule has 1 rings (SSSR count). The molecule has 0 aromatic heterocycles. The summed E-state index contributed by atoms with van der Waals surface area (Å²) >= 11 is 0. The smallest absolute Gasteiger partial charge is 0.409 e. The Labute approximate surface area is 109 Å². The molecule has 1 fully saturated rings. The number of hydrogen-bond acceptors (Lipinski definition) is 3. The fourth-order valence-electron chi connectivity index (χ4n) is 1.80. The molecule has 0 bridgehead atoms. The largest absolute Gasteiger partial charge is 0.449 e. The van der Waals surface area contributed by atoms with Crippen LogP contribution in [0.4, 0.5) is 4.79 Å². The van der Waals surface area contributed by atoms with Gasteiger partial charge in [-0.15, -0.1) is 0 Å². The Morgan fingerprint density at radius 3 is 1.94 bits per heavy atom. The summed E-state index contributed by atoms with van der Waals surface area (Å²) in [7, 11) is 0. The van der Waals surface area contributed by atoms with Crippen molar-refractivity contribution in [1.29, 1.82) is 0 Å². The summed E-state index contributed by atoms with van der Waals surface area (Å²) in [5, 5.41) is 0. The van der Waals surface area contributed by atoms with Crippen LogP contribution in [-0.4, -0.2) is 54.6 Å². The molecule has 0 unspecified atom stereocenters. The van der Waals surface area contributed by atoms with Crippen molar-refractivity contribution < 1.29 is 14.3 Å². The van der Waals surface area contributed by atoms with Gasteiger partial charge in [-0.3, -0.25) is 4.79 Å². The van der Waals surface area contributed by atoms with Gasteiger partial charge in [-0.2, -0.15) is 0 Å². The predicted octanol–water partition coefficient (Wildman–Crippen LogP) is 1.58.